The fourth-order valence-electron chi connectivity index (χ4n) is 3.40. The number of amides is 1. The van der Waals surface area contributed by atoms with Crippen molar-refractivity contribution in [1.82, 2.24) is 0 Å². The van der Waals surface area contributed by atoms with Crippen LogP contribution in [0.1, 0.15) is 16.7 Å². The van der Waals surface area contributed by atoms with Crippen LogP contribution in [0.5, 0.6) is 0 Å². The Bertz CT molecular complexity index is 1450. The Morgan fingerprint density at radius 2 is 1.49 bits per heavy atom. The zero-order chi connectivity index (χ0) is 26.0. The smallest absolute Gasteiger partial charge is 0.261 e. The third-order valence-corrected chi connectivity index (χ3v) is 8.68. The number of carbonyl (C=O) groups excluding carboxylic acids is 1. The summed E-state index contributed by atoms with van der Waals surface area (Å²) >= 11 is 3.37. The molecule has 0 unspecified atom stereocenters. The zero-order valence-electron chi connectivity index (χ0n) is 19.7. The maximum Gasteiger partial charge on any atom is 0.261 e. The summed E-state index contributed by atoms with van der Waals surface area (Å²) in [4.78, 5) is 12.7. The number of nitrogens with one attached hydrogen (secondary N) is 2. The molecule has 35 heavy (non-hydrogen) atoms. The first kappa shape index (κ1) is 26.7. The second-order valence-corrected chi connectivity index (χ2v) is 12.6. The molecule has 0 aliphatic carbocycles. The zero-order valence-corrected chi connectivity index (χ0v) is 22.9. The molecule has 3 aromatic rings. The minimum atomic E-state index is -3.84. The second-order valence-electron chi connectivity index (χ2n) is 8.15. The molecule has 0 aliphatic rings. The Morgan fingerprint density at radius 1 is 0.886 bits per heavy atom. The Hall–Kier alpha value is -2.89. The summed E-state index contributed by atoms with van der Waals surface area (Å²) in [6.07, 6.45) is 1.03. The Balaban J connectivity index is 1.75. The van der Waals surface area contributed by atoms with Gasteiger partial charge in [0, 0.05) is 10.2 Å². The van der Waals surface area contributed by atoms with Crippen molar-refractivity contribution < 1.29 is 21.6 Å². The number of carbonyl (C=O) groups is 1. The first-order chi connectivity index (χ1) is 16.3. The van der Waals surface area contributed by atoms with Gasteiger partial charge in [0.1, 0.15) is 6.54 Å². The quantitative estimate of drug-likeness (QED) is 0.405. The fourth-order valence-corrected chi connectivity index (χ4v) is 5.70. The molecule has 3 rings (SSSR count). The van der Waals surface area contributed by atoms with E-state index in [1.165, 1.54) is 24.3 Å². The van der Waals surface area contributed by atoms with Gasteiger partial charge in [-0.15, -0.1) is 0 Å². The maximum atomic E-state index is 12.8. The van der Waals surface area contributed by atoms with Gasteiger partial charge in [0.2, 0.25) is 15.9 Å². The van der Waals surface area contributed by atoms with Gasteiger partial charge in [-0.25, -0.2) is 16.8 Å². The van der Waals surface area contributed by atoms with Crippen molar-refractivity contribution in [3.63, 3.8) is 0 Å². The fraction of sp³-hybridized carbons (Fsp3) is 0.208. The third-order valence-electron chi connectivity index (χ3n) is 5.28. The van der Waals surface area contributed by atoms with Crippen LogP contribution >= 0.6 is 15.9 Å². The number of para-hydroxylation sites is 1. The van der Waals surface area contributed by atoms with Crippen molar-refractivity contribution in [1.29, 1.82) is 0 Å². The molecule has 3 aromatic carbocycles. The molecule has 0 heterocycles. The highest BCUT2D eigenvalue weighted by Gasteiger charge is 2.22. The standard InChI is InChI=1S/C24H26BrN3O5S2/c1-16-6-5-7-17(2)24(16)27-35(32,33)21-11-8-19(9-12-21)26-23(29)15-28(34(4,30)31)20-10-13-22(25)18(3)14-20/h5-14,27H,15H2,1-4H3,(H,26,29). The van der Waals surface area contributed by atoms with Crippen LogP contribution in [0.25, 0.3) is 0 Å². The van der Waals surface area contributed by atoms with Gasteiger partial charge in [0.25, 0.3) is 10.0 Å². The number of aryl methyl sites for hydroxylation is 3. The molecule has 0 radical (unpaired) electrons. The lowest BCUT2D eigenvalue weighted by molar-refractivity contribution is -0.114. The highest BCUT2D eigenvalue weighted by atomic mass is 79.9. The summed E-state index contributed by atoms with van der Waals surface area (Å²) in [5.74, 6) is -0.569. The van der Waals surface area contributed by atoms with Crippen molar-refractivity contribution in [3.8, 4) is 0 Å². The third kappa shape index (κ3) is 6.62. The molecule has 11 heteroatoms. The van der Waals surface area contributed by atoms with Crippen LogP contribution in [-0.4, -0.2) is 35.5 Å². The van der Waals surface area contributed by atoms with Crippen molar-refractivity contribution in [2.24, 2.45) is 0 Å². The van der Waals surface area contributed by atoms with Crippen LogP contribution in [0, 0.1) is 20.8 Å². The SMILES string of the molecule is Cc1cc(N(CC(=O)Nc2ccc(S(=O)(=O)Nc3c(C)cccc3C)cc2)S(C)(=O)=O)ccc1Br. The van der Waals surface area contributed by atoms with E-state index in [4.69, 9.17) is 0 Å². The van der Waals surface area contributed by atoms with E-state index in [0.29, 0.717) is 17.1 Å². The number of hydrogen-bond acceptors (Lipinski definition) is 5. The monoisotopic (exact) mass is 579 g/mol. The highest BCUT2D eigenvalue weighted by Crippen LogP contribution is 2.26. The molecule has 0 fully saturated rings. The first-order valence-corrected chi connectivity index (χ1v) is 14.6. The van der Waals surface area contributed by atoms with Gasteiger partial charge in [-0.2, -0.15) is 0 Å². The summed E-state index contributed by atoms with van der Waals surface area (Å²) in [6.45, 7) is 5.02. The van der Waals surface area contributed by atoms with Crippen LogP contribution in [-0.2, 0) is 24.8 Å². The Morgan fingerprint density at radius 3 is 2.03 bits per heavy atom. The predicted molar refractivity (Wildman–Crippen MR) is 143 cm³/mol. The van der Waals surface area contributed by atoms with E-state index in [1.807, 2.05) is 39.0 Å². The summed E-state index contributed by atoms with van der Waals surface area (Å²) in [7, 11) is -7.57. The summed E-state index contributed by atoms with van der Waals surface area (Å²) in [5, 5.41) is 2.62. The number of benzene rings is 3. The van der Waals surface area contributed by atoms with E-state index in [9.17, 15) is 21.6 Å². The molecule has 0 spiro atoms. The maximum absolute atomic E-state index is 12.8. The van der Waals surface area contributed by atoms with Gasteiger partial charge in [-0.1, -0.05) is 34.1 Å². The van der Waals surface area contributed by atoms with Crippen molar-refractivity contribution >= 4 is 58.9 Å². The lowest BCUT2D eigenvalue weighted by atomic mass is 10.1. The average molecular weight is 581 g/mol. The van der Waals surface area contributed by atoms with Gasteiger partial charge in [-0.3, -0.25) is 13.8 Å². The molecule has 8 nitrogen and oxygen atoms in total. The van der Waals surface area contributed by atoms with Crippen molar-refractivity contribution in [3.05, 3.63) is 81.8 Å². The van der Waals surface area contributed by atoms with E-state index in [1.54, 1.807) is 18.2 Å². The van der Waals surface area contributed by atoms with E-state index in [0.717, 1.165) is 31.7 Å². The van der Waals surface area contributed by atoms with Gasteiger partial charge < -0.3 is 5.32 Å². The van der Waals surface area contributed by atoms with E-state index < -0.39 is 32.5 Å². The van der Waals surface area contributed by atoms with Crippen LogP contribution in [0.15, 0.2) is 70.0 Å². The summed E-state index contributed by atoms with van der Waals surface area (Å²) in [6, 6.07) is 16.1. The lowest BCUT2D eigenvalue weighted by Crippen LogP contribution is -2.37. The normalized spacial score (nSPS) is 11.7. The largest absolute Gasteiger partial charge is 0.325 e. The van der Waals surface area contributed by atoms with Gasteiger partial charge in [-0.05, 0) is 79.9 Å². The molecule has 2 N–H and O–H groups in total. The summed E-state index contributed by atoms with van der Waals surface area (Å²) in [5.41, 5.74) is 3.64. The van der Waals surface area contributed by atoms with Gasteiger partial charge in [0.05, 0.1) is 22.5 Å². The molecule has 0 aliphatic heterocycles. The van der Waals surface area contributed by atoms with Gasteiger partial charge >= 0.3 is 0 Å². The lowest BCUT2D eigenvalue weighted by Gasteiger charge is -2.22. The Labute approximate surface area is 214 Å². The molecule has 1 amide bonds. The first-order valence-electron chi connectivity index (χ1n) is 10.5. The molecular weight excluding hydrogens is 554 g/mol. The number of halogens is 1. The predicted octanol–water partition coefficient (Wildman–Crippen LogP) is 4.58. The number of rotatable bonds is 8. The van der Waals surface area contributed by atoms with E-state index in [-0.39, 0.29) is 4.90 Å². The van der Waals surface area contributed by atoms with Crippen LogP contribution in [0.2, 0.25) is 0 Å². The van der Waals surface area contributed by atoms with Crippen molar-refractivity contribution in [2.75, 3.05) is 27.1 Å². The minimum Gasteiger partial charge on any atom is -0.325 e. The average Bonchev–Trinajstić information content (AvgIpc) is 2.76. The molecule has 0 bridgehead atoms. The molecule has 0 saturated carbocycles. The van der Waals surface area contributed by atoms with Crippen LogP contribution in [0.3, 0.4) is 0 Å². The number of hydrogen-bond donors (Lipinski definition) is 2. The number of sulfonamides is 2. The van der Waals surface area contributed by atoms with Crippen molar-refractivity contribution in [2.45, 2.75) is 25.7 Å². The second kappa shape index (κ2) is 10.4. The Kier molecular flexibility index (Phi) is 7.93. The van der Waals surface area contributed by atoms with E-state index in [2.05, 4.69) is 26.0 Å². The highest BCUT2D eigenvalue weighted by molar-refractivity contribution is 9.10. The molecule has 0 saturated heterocycles. The van der Waals surface area contributed by atoms with E-state index >= 15 is 0 Å². The van der Waals surface area contributed by atoms with Crippen LogP contribution in [0.4, 0.5) is 17.1 Å². The minimum absolute atomic E-state index is 0.0289. The topological polar surface area (TPSA) is 113 Å². The molecular formula is C24H26BrN3O5S2. The molecule has 0 atom stereocenters. The van der Waals surface area contributed by atoms with Crippen LogP contribution < -0.4 is 14.3 Å². The molecule has 0 aromatic heterocycles. The van der Waals surface area contributed by atoms with Gasteiger partial charge in [0.15, 0.2) is 0 Å². The number of anilines is 3. The summed E-state index contributed by atoms with van der Waals surface area (Å²) < 4.78 is 54.8. The number of nitrogens with zero attached hydrogens (tertiary/aromatic N) is 1. The molecule has 186 valence electrons.